The van der Waals surface area contributed by atoms with Gasteiger partial charge in [0.2, 0.25) is 0 Å². The van der Waals surface area contributed by atoms with Crippen molar-refractivity contribution in [3.05, 3.63) is 0 Å². The molecule has 0 unspecified atom stereocenters. The first-order chi connectivity index (χ1) is 6.97. The highest BCUT2D eigenvalue weighted by Gasteiger charge is 2.47. The number of aliphatic hydroxyl groups is 1. The van der Waals surface area contributed by atoms with E-state index in [0.29, 0.717) is 12.0 Å². The van der Waals surface area contributed by atoms with E-state index in [9.17, 15) is 5.11 Å². The molecule has 0 bridgehead atoms. The fourth-order valence-electron chi connectivity index (χ4n) is 3.20. The number of rotatable bonds is 2. The van der Waals surface area contributed by atoms with E-state index in [0.717, 1.165) is 5.92 Å². The molecule has 0 spiro atoms. The van der Waals surface area contributed by atoms with Gasteiger partial charge in [-0.2, -0.15) is 0 Å². The van der Waals surface area contributed by atoms with Gasteiger partial charge in [0.25, 0.3) is 0 Å². The molecule has 2 heteroatoms. The Hall–Kier alpha value is -0.0800. The molecule has 0 amide bonds. The van der Waals surface area contributed by atoms with Gasteiger partial charge >= 0.3 is 0 Å². The van der Waals surface area contributed by atoms with Crippen molar-refractivity contribution in [2.75, 3.05) is 19.7 Å². The smallest absolute Gasteiger partial charge is 0.0615 e. The summed E-state index contributed by atoms with van der Waals surface area (Å²) >= 11 is 0. The van der Waals surface area contributed by atoms with Crippen molar-refractivity contribution in [2.45, 2.75) is 52.0 Å². The Bertz CT molecular complexity index is 221. The van der Waals surface area contributed by atoms with Crippen LogP contribution >= 0.6 is 0 Å². The van der Waals surface area contributed by atoms with Crippen LogP contribution in [-0.4, -0.2) is 35.2 Å². The van der Waals surface area contributed by atoms with E-state index in [1.54, 1.807) is 0 Å². The Morgan fingerprint density at radius 2 is 1.73 bits per heavy atom. The summed E-state index contributed by atoms with van der Waals surface area (Å²) in [6.45, 7) is 9.67. The molecule has 0 aromatic carbocycles. The molecule has 0 aromatic heterocycles. The first-order valence-corrected chi connectivity index (χ1v) is 6.33. The fraction of sp³-hybridized carbons (Fsp3) is 1.00. The molecule has 1 N–H and O–H groups in total. The monoisotopic (exact) mass is 211 g/mol. The second-order valence-corrected chi connectivity index (χ2v) is 6.59. The topological polar surface area (TPSA) is 23.5 Å². The molecule has 15 heavy (non-hydrogen) atoms. The largest absolute Gasteiger partial charge is 0.394 e. The minimum atomic E-state index is 0.141. The Kier molecular flexibility index (Phi) is 2.85. The first kappa shape index (κ1) is 11.4. The van der Waals surface area contributed by atoms with Gasteiger partial charge in [0.05, 0.1) is 6.61 Å². The summed E-state index contributed by atoms with van der Waals surface area (Å²) in [5.41, 5.74) is 0.618. The lowest BCUT2D eigenvalue weighted by atomic mass is 9.71. The van der Waals surface area contributed by atoms with Gasteiger partial charge < -0.3 is 5.11 Å². The number of likely N-dealkylation sites (tertiary alicyclic amines) is 1. The summed E-state index contributed by atoms with van der Waals surface area (Å²) in [5, 5.41) is 9.69. The average Bonchev–Trinajstić information content (AvgIpc) is 2.16. The van der Waals surface area contributed by atoms with Crippen LogP contribution in [0.2, 0.25) is 0 Å². The van der Waals surface area contributed by atoms with E-state index in [4.69, 9.17) is 0 Å². The van der Waals surface area contributed by atoms with Gasteiger partial charge in [0.15, 0.2) is 0 Å². The molecule has 1 aliphatic heterocycles. The first-order valence-electron chi connectivity index (χ1n) is 6.33. The molecule has 1 saturated heterocycles. The van der Waals surface area contributed by atoms with Crippen molar-refractivity contribution in [1.82, 2.24) is 4.90 Å². The van der Waals surface area contributed by atoms with E-state index >= 15 is 0 Å². The number of nitrogens with zero attached hydrogens (tertiary/aromatic N) is 1. The predicted molar refractivity (Wildman–Crippen MR) is 62.8 cm³/mol. The highest BCUT2D eigenvalue weighted by Crippen LogP contribution is 2.43. The van der Waals surface area contributed by atoms with Crippen molar-refractivity contribution in [1.29, 1.82) is 0 Å². The number of aliphatic hydroxyl groups excluding tert-OH is 1. The van der Waals surface area contributed by atoms with E-state index < -0.39 is 0 Å². The molecular formula is C13H25NO. The highest BCUT2D eigenvalue weighted by molar-refractivity contribution is 5.02. The van der Waals surface area contributed by atoms with Gasteiger partial charge in [-0.25, -0.2) is 0 Å². The van der Waals surface area contributed by atoms with E-state index in [-0.39, 0.29) is 5.54 Å². The third kappa shape index (κ3) is 2.07. The molecule has 0 aromatic rings. The lowest BCUT2D eigenvalue weighted by Crippen LogP contribution is -2.65. The normalized spacial score (nSPS) is 41.2. The van der Waals surface area contributed by atoms with Crippen LogP contribution in [0.5, 0.6) is 0 Å². The van der Waals surface area contributed by atoms with E-state index in [2.05, 4.69) is 25.7 Å². The number of hydrogen-bond donors (Lipinski definition) is 1. The zero-order valence-electron chi connectivity index (χ0n) is 10.4. The van der Waals surface area contributed by atoms with Gasteiger partial charge in [-0.3, -0.25) is 4.90 Å². The SMILES string of the molecule is CC1CCC(CO)(N2CC(C)(C)C2)CC1. The summed E-state index contributed by atoms with van der Waals surface area (Å²) in [6.07, 6.45) is 4.97. The summed E-state index contributed by atoms with van der Waals surface area (Å²) < 4.78 is 0. The molecule has 2 fully saturated rings. The number of hydrogen-bond acceptors (Lipinski definition) is 2. The Morgan fingerprint density at radius 1 is 1.20 bits per heavy atom. The summed E-state index contributed by atoms with van der Waals surface area (Å²) in [5.74, 6) is 0.860. The van der Waals surface area contributed by atoms with Crippen LogP contribution in [0, 0.1) is 11.3 Å². The minimum Gasteiger partial charge on any atom is -0.394 e. The van der Waals surface area contributed by atoms with Crippen LogP contribution < -0.4 is 0 Å². The zero-order valence-corrected chi connectivity index (χ0v) is 10.4. The maximum atomic E-state index is 9.69. The minimum absolute atomic E-state index is 0.141. The average molecular weight is 211 g/mol. The van der Waals surface area contributed by atoms with Gasteiger partial charge in [-0.05, 0) is 37.0 Å². The van der Waals surface area contributed by atoms with Crippen LogP contribution in [0.4, 0.5) is 0 Å². The van der Waals surface area contributed by atoms with Crippen molar-refractivity contribution in [3.8, 4) is 0 Å². The quantitative estimate of drug-likeness (QED) is 0.757. The van der Waals surface area contributed by atoms with Crippen molar-refractivity contribution < 1.29 is 5.11 Å². The maximum Gasteiger partial charge on any atom is 0.0615 e. The lowest BCUT2D eigenvalue weighted by molar-refractivity contribution is -0.102. The Balaban J connectivity index is 1.98. The molecule has 1 aliphatic carbocycles. The zero-order chi connectivity index (χ0) is 11.1. The molecule has 1 saturated carbocycles. The van der Waals surface area contributed by atoms with E-state index in [1.807, 2.05) is 0 Å². The van der Waals surface area contributed by atoms with Gasteiger partial charge in [0, 0.05) is 18.6 Å². The van der Waals surface area contributed by atoms with Crippen LogP contribution in [-0.2, 0) is 0 Å². The standard InChI is InChI=1S/C13H25NO/c1-11-4-6-13(10-15,7-5-11)14-8-12(2,3)9-14/h11,15H,4-10H2,1-3H3. The van der Waals surface area contributed by atoms with E-state index in [1.165, 1.54) is 38.8 Å². The molecule has 0 atom stereocenters. The van der Waals surface area contributed by atoms with Crippen LogP contribution in [0.15, 0.2) is 0 Å². The van der Waals surface area contributed by atoms with Gasteiger partial charge in [-0.1, -0.05) is 20.8 Å². The second-order valence-electron chi connectivity index (χ2n) is 6.59. The highest BCUT2D eigenvalue weighted by atomic mass is 16.3. The lowest BCUT2D eigenvalue weighted by Gasteiger charge is -2.57. The van der Waals surface area contributed by atoms with Crippen LogP contribution in [0.3, 0.4) is 0 Å². The second kappa shape index (κ2) is 3.74. The molecule has 88 valence electrons. The third-order valence-electron chi connectivity index (χ3n) is 4.41. The van der Waals surface area contributed by atoms with Gasteiger partial charge in [0.1, 0.15) is 0 Å². The maximum absolute atomic E-state index is 9.69. The summed E-state index contributed by atoms with van der Waals surface area (Å²) in [6, 6.07) is 0. The molecular weight excluding hydrogens is 186 g/mol. The fourth-order valence-corrected chi connectivity index (χ4v) is 3.20. The predicted octanol–water partition coefficient (Wildman–Crippen LogP) is 2.27. The molecule has 0 radical (unpaired) electrons. The third-order valence-corrected chi connectivity index (χ3v) is 4.41. The molecule has 1 heterocycles. The molecule has 2 aliphatic rings. The molecule has 2 nitrogen and oxygen atoms in total. The van der Waals surface area contributed by atoms with Crippen molar-refractivity contribution >= 4 is 0 Å². The van der Waals surface area contributed by atoms with Crippen LogP contribution in [0.1, 0.15) is 46.5 Å². The van der Waals surface area contributed by atoms with Crippen molar-refractivity contribution in [3.63, 3.8) is 0 Å². The summed E-state index contributed by atoms with van der Waals surface area (Å²) in [4.78, 5) is 2.53. The van der Waals surface area contributed by atoms with Crippen molar-refractivity contribution in [2.24, 2.45) is 11.3 Å². The van der Waals surface area contributed by atoms with Crippen LogP contribution in [0.25, 0.3) is 0 Å². The molecule has 2 rings (SSSR count). The van der Waals surface area contributed by atoms with Gasteiger partial charge in [-0.15, -0.1) is 0 Å². The Labute approximate surface area is 93.7 Å². The Morgan fingerprint density at radius 3 is 2.13 bits per heavy atom. The summed E-state index contributed by atoms with van der Waals surface area (Å²) in [7, 11) is 0.